The van der Waals surface area contributed by atoms with Gasteiger partial charge in [-0.1, -0.05) is 23.8 Å². The van der Waals surface area contributed by atoms with Crippen molar-refractivity contribution in [1.29, 1.82) is 0 Å². The molecule has 70 valence electrons. The van der Waals surface area contributed by atoms with Gasteiger partial charge in [0.25, 0.3) is 0 Å². The third kappa shape index (κ3) is 2.29. The van der Waals surface area contributed by atoms with Crippen molar-refractivity contribution in [3.8, 4) is 0 Å². The molecule has 1 heterocycles. The van der Waals surface area contributed by atoms with Crippen LogP contribution in [0.15, 0.2) is 12.1 Å². The second-order valence-electron chi connectivity index (χ2n) is 2.81. The highest BCUT2D eigenvalue weighted by Gasteiger charge is 2.04. The Morgan fingerprint density at radius 3 is 2.85 bits per heavy atom. The third-order valence-corrected chi connectivity index (χ3v) is 2.05. The highest BCUT2D eigenvalue weighted by atomic mass is 35.5. The average molecular weight is 197 g/mol. The van der Waals surface area contributed by atoms with Crippen molar-refractivity contribution < 1.29 is 0 Å². The van der Waals surface area contributed by atoms with E-state index in [4.69, 9.17) is 17.3 Å². The van der Waals surface area contributed by atoms with Gasteiger partial charge in [-0.15, -0.1) is 0 Å². The molecule has 2 nitrogen and oxygen atoms in total. The molecular formula is C10H13ClN2. The van der Waals surface area contributed by atoms with Gasteiger partial charge in [-0.05, 0) is 31.0 Å². The van der Waals surface area contributed by atoms with E-state index in [1.807, 2.05) is 32.1 Å². The molecule has 0 radical (unpaired) electrons. The quantitative estimate of drug-likeness (QED) is 0.739. The van der Waals surface area contributed by atoms with Crippen LogP contribution in [0.3, 0.4) is 0 Å². The lowest BCUT2D eigenvalue weighted by Crippen LogP contribution is -2.02. The molecule has 0 atom stereocenters. The zero-order chi connectivity index (χ0) is 9.84. The van der Waals surface area contributed by atoms with Crippen molar-refractivity contribution in [2.75, 3.05) is 0 Å². The van der Waals surface area contributed by atoms with E-state index < -0.39 is 0 Å². The van der Waals surface area contributed by atoms with Crippen molar-refractivity contribution >= 4 is 17.7 Å². The number of aryl methyl sites for hydroxylation is 1. The summed E-state index contributed by atoms with van der Waals surface area (Å²) in [6, 6.07) is 1.81. The van der Waals surface area contributed by atoms with Gasteiger partial charge >= 0.3 is 0 Å². The Kier molecular flexibility index (Phi) is 3.46. The summed E-state index contributed by atoms with van der Waals surface area (Å²) in [7, 11) is 0. The molecule has 3 heteroatoms. The Balaban J connectivity index is 3.29. The second-order valence-corrected chi connectivity index (χ2v) is 3.19. The van der Waals surface area contributed by atoms with Gasteiger partial charge in [0, 0.05) is 12.2 Å². The number of hydrogen-bond donors (Lipinski definition) is 1. The SMILES string of the molecule is C/C=C\c1c(CN)cc(Cl)nc1C. The lowest BCUT2D eigenvalue weighted by molar-refractivity contribution is 1.03. The Morgan fingerprint density at radius 2 is 2.31 bits per heavy atom. The summed E-state index contributed by atoms with van der Waals surface area (Å²) < 4.78 is 0. The predicted octanol–water partition coefficient (Wildman–Crippen LogP) is 2.54. The highest BCUT2D eigenvalue weighted by Crippen LogP contribution is 2.18. The Hall–Kier alpha value is -0.860. The van der Waals surface area contributed by atoms with Gasteiger partial charge in [0.1, 0.15) is 5.15 Å². The van der Waals surface area contributed by atoms with E-state index >= 15 is 0 Å². The number of rotatable bonds is 2. The standard InChI is InChI=1S/C10H13ClN2/c1-3-4-9-7(2)13-10(11)5-8(9)6-12/h3-5H,6,12H2,1-2H3/b4-3-. The van der Waals surface area contributed by atoms with Gasteiger partial charge in [0.15, 0.2) is 0 Å². The van der Waals surface area contributed by atoms with Crippen LogP contribution in [0.5, 0.6) is 0 Å². The summed E-state index contributed by atoms with van der Waals surface area (Å²) >= 11 is 5.81. The van der Waals surface area contributed by atoms with Gasteiger partial charge in [0.2, 0.25) is 0 Å². The second kappa shape index (κ2) is 4.40. The Labute approximate surface area is 83.4 Å². The fraction of sp³-hybridized carbons (Fsp3) is 0.300. The number of nitrogens with two attached hydrogens (primary N) is 1. The fourth-order valence-electron chi connectivity index (χ4n) is 1.27. The van der Waals surface area contributed by atoms with Gasteiger partial charge in [-0.25, -0.2) is 4.98 Å². The van der Waals surface area contributed by atoms with Crippen LogP contribution in [0, 0.1) is 6.92 Å². The normalized spacial score (nSPS) is 11.1. The first kappa shape index (κ1) is 10.2. The lowest BCUT2D eigenvalue weighted by Gasteiger charge is -2.06. The molecule has 0 amide bonds. The summed E-state index contributed by atoms with van der Waals surface area (Å²) in [5.74, 6) is 0. The van der Waals surface area contributed by atoms with Gasteiger partial charge in [-0.3, -0.25) is 0 Å². The Morgan fingerprint density at radius 1 is 1.62 bits per heavy atom. The van der Waals surface area contributed by atoms with Crippen LogP contribution in [-0.4, -0.2) is 4.98 Å². The molecular weight excluding hydrogens is 184 g/mol. The number of halogens is 1. The Bertz CT molecular complexity index is 332. The van der Waals surface area contributed by atoms with Crippen LogP contribution >= 0.6 is 11.6 Å². The molecule has 0 aliphatic heterocycles. The summed E-state index contributed by atoms with van der Waals surface area (Å²) in [5.41, 5.74) is 8.64. The van der Waals surface area contributed by atoms with Crippen molar-refractivity contribution in [1.82, 2.24) is 4.98 Å². The van der Waals surface area contributed by atoms with Crippen molar-refractivity contribution in [3.63, 3.8) is 0 Å². The molecule has 2 N–H and O–H groups in total. The molecule has 0 aliphatic carbocycles. The minimum Gasteiger partial charge on any atom is -0.326 e. The monoisotopic (exact) mass is 196 g/mol. The topological polar surface area (TPSA) is 38.9 Å². The molecule has 0 aromatic carbocycles. The van der Waals surface area contributed by atoms with Crippen LogP contribution in [0.4, 0.5) is 0 Å². The van der Waals surface area contributed by atoms with E-state index in [0.29, 0.717) is 11.7 Å². The first-order valence-corrected chi connectivity index (χ1v) is 4.55. The molecule has 0 unspecified atom stereocenters. The molecule has 0 spiro atoms. The number of nitrogens with zero attached hydrogens (tertiary/aromatic N) is 1. The van der Waals surface area contributed by atoms with E-state index in [0.717, 1.165) is 16.8 Å². The van der Waals surface area contributed by atoms with Crippen LogP contribution in [-0.2, 0) is 6.54 Å². The van der Waals surface area contributed by atoms with E-state index in [-0.39, 0.29) is 0 Å². The maximum absolute atomic E-state index is 5.81. The van der Waals surface area contributed by atoms with Gasteiger partial charge in [-0.2, -0.15) is 0 Å². The molecule has 1 aromatic rings. The van der Waals surface area contributed by atoms with Gasteiger partial charge in [0.05, 0.1) is 0 Å². The molecule has 0 aliphatic rings. The first-order chi connectivity index (χ1) is 6.19. The zero-order valence-electron chi connectivity index (χ0n) is 7.84. The fourth-order valence-corrected chi connectivity index (χ4v) is 1.53. The molecule has 0 saturated heterocycles. The van der Waals surface area contributed by atoms with E-state index in [1.54, 1.807) is 0 Å². The van der Waals surface area contributed by atoms with Crippen molar-refractivity contribution in [2.24, 2.45) is 5.73 Å². The average Bonchev–Trinajstić information content (AvgIpc) is 2.09. The van der Waals surface area contributed by atoms with Crippen LogP contribution in [0.25, 0.3) is 6.08 Å². The number of aromatic nitrogens is 1. The van der Waals surface area contributed by atoms with E-state index in [9.17, 15) is 0 Å². The molecule has 13 heavy (non-hydrogen) atoms. The number of hydrogen-bond acceptors (Lipinski definition) is 2. The summed E-state index contributed by atoms with van der Waals surface area (Å²) in [6.45, 7) is 4.39. The molecule has 0 saturated carbocycles. The van der Waals surface area contributed by atoms with Gasteiger partial charge < -0.3 is 5.73 Å². The molecule has 0 fully saturated rings. The largest absolute Gasteiger partial charge is 0.326 e. The van der Waals surface area contributed by atoms with Crippen LogP contribution in [0.2, 0.25) is 5.15 Å². The van der Waals surface area contributed by atoms with Crippen molar-refractivity contribution in [3.05, 3.63) is 34.1 Å². The number of pyridine rings is 1. The van der Waals surface area contributed by atoms with E-state index in [1.165, 1.54) is 0 Å². The van der Waals surface area contributed by atoms with Crippen molar-refractivity contribution in [2.45, 2.75) is 20.4 Å². The summed E-state index contributed by atoms with van der Waals surface area (Å²) in [5, 5.41) is 0.506. The predicted molar refractivity (Wildman–Crippen MR) is 56.6 cm³/mol. The smallest absolute Gasteiger partial charge is 0.129 e. The maximum Gasteiger partial charge on any atom is 0.129 e. The highest BCUT2D eigenvalue weighted by molar-refractivity contribution is 6.29. The first-order valence-electron chi connectivity index (χ1n) is 4.17. The zero-order valence-corrected chi connectivity index (χ0v) is 8.60. The molecule has 1 aromatic heterocycles. The summed E-state index contributed by atoms with van der Waals surface area (Å²) in [6.07, 6.45) is 3.97. The maximum atomic E-state index is 5.81. The summed E-state index contributed by atoms with van der Waals surface area (Å²) in [4.78, 5) is 4.16. The van der Waals surface area contributed by atoms with Crippen LogP contribution in [0.1, 0.15) is 23.7 Å². The minimum absolute atomic E-state index is 0.489. The minimum atomic E-state index is 0.489. The van der Waals surface area contributed by atoms with E-state index in [2.05, 4.69) is 4.98 Å². The number of allylic oxidation sites excluding steroid dienone is 1. The molecule has 0 bridgehead atoms. The lowest BCUT2D eigenvalue weighted by atomic mass is 10.1. The molecule has 1 rings (SSSR count). The third-order valence-electron chi connectivity index (χ3n) is 1.86. The van der Waals surface area contributed by atoms with Crippen LogP contribution < -0.4 is 5.73 Å².